The van der Waals surface area contributed by atoms with Crippen molar-refractivity contribution in [2.45, 2.75) is 38.1 Å². The Kier molecular flexibility index (Phi) is 7.99. The highest BCUT2D eigenvalue weighted by atomic mass is 16.5. The molecule has 0 unspecified atom stereocenters. The van der Waals surface area contributed by atoms with Crippen molar-refractivity contribution >= 4 is 11.8 Å². The molecule has 2 atom stereocenters. The molecule has 0 aliphatic carbocycles. The maximum atomic E-state index is 12.8. The minimum absolute atomic E-state index is 0.179. The van der Waals surface area contributed by atoms with Crippen LogP contribution in [0.3, 0.4) is 0 Å². The molecular formula is C32H30N2O4. The van der Waals surface area contributed by atoms with Crippen LogP contribution in [0.5, 0.6) is 11.5 Å². The first-order valence-electron chi connectivity index (χ1n) is 12.7. The highest BCUT2D eigenvalue weighted by molar-refractivity contribution is 5.97. The summed E-state index contributed by atoms with van der Waals surface area (Å²) < 4.78 is 11.7. The smallest absolute Gasteiger partial charge is 0.243 e. The van der Waals surface area contributed by atoms with Gasteiger partial charge in [0.25, 0.3) is 0 Å². The van der Waals surface area contributed by atoms with Crippen molar-refractivity contribution in [3.63, 3.8) is 0 Å². The van der Waals surface area contributed by atoms with E-state index in [0.717, 1.165) is 33.8 Å². The summed E-state index contributed by atoms with van der Waals surface area (Å²) in [5.74, 6) is 1.15. The van der Waals surface area contributed by atoms with Crippen molar-refractivity contribution < 1.29 is 19.1 Å². The molecule has 6 heteroatoms. The second kappa shape index (κ2) is 12.1. The molecule has 6 nitrogen and oxygen atoms in total. The Morgan fingerprint density at radius 2 is 0.842 bits per heavy atom. The van der Waals surface area contributed by atoms with Gasteiger partial charge < -0.3 is 20.1 Å². The first kappa shape index (κ1) is 25.1. The van der Waals surface area contributed by atoms with E-state index >= 15 is 0 Å². The van der Waals surface area contributed by atoms with Gasteiger partial charge in [-0.1, -0.05) is 84.9 Å². The fraction of sp³-hybridized carbons (Fsp3) is 0.188. The van der Waals surface area contributed by atoms with Gasteiger partial charge in [0.1, 0.15) is 36.8 Å². The second-order valence-electron chi connectivity index (χ2n) is 9.37. The molecule has 1 saturated heterocycles. The van der Waals surface area contributed by atoms with Gasteiger partial charge >= 0.3 is 0 Å². The number of rotatable bonds is 10. The molecule has 38 heavy (non-hydrogen) atoms. The number of amides is 2. The van der Waals surface area contributed by atoms with Crippen molar-refractivity contribution in [3.05, 3.63) is 131 Å². The van der Waals surface area contributed by atoms with Crippen LogP contribution in [0.25, 0.3) is 0 Å². The topological polar surface area (TPSA) is 76.7 Å². The summed E-state index contributed by atoms with van der Waals surface area (Å²) in [6.45, 7) is 0.984. The number of ether oxygens (including phenoxy) is 2. The molecule has 0 spiro atoms. The summed E-state index contributed by atoms with van der Waals surface area (Å²) in [4.78, 5) is 25.5. The Labute approximate surface area is 222 Å². The molecule has 2 amide bonds. The van der Waals surface area contributed by atoms with E-state index in [9.17, 15) is 9.59 Å². The third kappa shape index (κ3) is 6.79. The second-order valence-corrected chi connectivity index (χ2v) is 9.37. The number of nitrogens with one attached hydrogen (secondary N) is 2. The maximum Gasteiger partial charge on any atom is 0.243 e. The number of carbonyl (C=O) groups is 2. The van der Waals surface area contributed by atoms with Gasteiger partial charge in [-0.3, -0.25) is 9.59 Å². The van der Waals surface area contributed by atoms with Gasteiger partial charge in [-0.15, -0.1) is 0 Å². The van der Waals surface area contributed by atoms with E-state index in [1.165, 1.54) is 0 Å². The number of piperazine rings is 1. The molecule has 5 rings (SSSR count). The predicted molar refractivity (Wildman–Crippen MR) is 146 cm³/mol. The largest absolute Gasteiger partial charge is 0.489 e. The fourth-order valence-corrected chi connectivity index (χ4v) is 4.36. The van der Waals surface area contributed by atoms with Crippen molar-refractivity contribution in [1.82, 2.24) is 10.6 Å². The van der Waals surface area contributed by atoms with Crippen LogP contribution in [-0.2, 0) is 35.6 Å². The number of hydrogen-bond donors (Lipinski definition) is 2. The Morgan fingerprint density at radius 1 is 0.474 bits per heavy atom. The van der Waals surface area contributed by atoms with E-state index in [0.29, 0.717) is 26.1 Å². The van der Waals surface area contributed by atoms with Crippen LogP contribution >= 0.6 is 0 Å². The van der Waals surface area contributed by atoms with E-state index in [-0.39, 0.29) is 11.8 Å². The molecule has 1 fully saturated rings. The number of benzene rings is 4. The zero-order chi connectivity index (χ0) is 26.2. The van der Waals surface area contributed by atoms with E-state index in [2.05, 4.69) is 10.6 Å². The van der Waals surface area contributed by atoms with Gasteiger partial charge in [-0.2, -0.15) is 0 Å². The van der Waals surface area contributed by atoms with Crippen LogP contribution in [-0.4, -0.2) is 23.9 Å². The third-order valence-electron chi connectivity index (χ3n) is 6.49. The van der Waals surface area contributed by atoms with Crippen molar-refractivity contribution in [2.75, 3.05) is 0 Å². The summed E-state index contributed by atoms with van der Waals surface area (Å²) in [7, 11) is 0. The lowest BCUT2D eigenvalue weighted by molar-refractivity contribution is -0.136. The number of hydrogen-bond acceptors (Lipinski definition) is 4. The molecular weight excluding hydrogens is 476 g/mol. The van der Waals surface area contributed by atoms with E-state index in [1.807, 2.05) is 109 Å². The molecule has 0 radical (unpaired) electrons. The molecule has 2 N–H and O–H groups in total. The highest BCUT2D eigenvalue weighted by Crippen LogP contribution is 2.18. The quantitative estimate of drug-likeness (QED) is 0.329. The molecule has 1 aliphatic rings. The number of carbonyl (C=O) groups excluding carboxylic acids is 2. The maximum absolute atomic E-state index is 12.8. The Morgan fingerprint density at radius 3 is 1.21 bits per heavy atom. The first-order valence-corrected chi connectivity index (χ1v) is 12.7. The summed E-state index contributed by atoms with van der Waals surface area (Å²) >= 11 is 0. The Hall–Kier alpha value is -4.58. The zero-order valence-corrected chi connectivity index (χ0v) is 21.0. The third-order valence-corrected chi connectivity index (χ3v) is 6.49. The van der Waals surface area contributed by atoms with Crippen LogP contribution in [0.15, 0.2) is 109 Å². The molecule has 0 bridgehead atoms. The van der Waals surface area contributed by atoms with Crippen LogP contribution in [0.4, 0.5) is 0 Å². The monoisotopic (exact) mass is 506 g/mol. The minimum Gasteiger partial charge on any atom is -0.489 e. The van der Waals surface area contributed by atoms with Crippen molar-refractivity contribution in [2.24, 2.45) is 0 Å². The Balaban J connectivity index is 1.09. The van der Waals surface area contributed by atoms with Gasteiger partial charge in [0, 0.05) is 12.8 Å². The van der Waals surface area contributed by atoms with E-state index in [1.54, 1.807) is 0 Å². The average molecular weight is 507 g/mol. The summed E-state index contributed by atoms with van der Waals surface area (Å²) in [5.41, 5.74) is 4.09. The van der Waals surface area contributed by atoms with E-state index in [4.69, 9.17) is 9.47 Å². The van der Waals surface area contributed by atoms with Gasteiger partial charge in [-0.05, 0) is 46.5 Å². The molecule has 1 heterocycles. The van der Waals surface area contributed by atoms with Crippen LogP contribution in [0.1, 0.15) is 22.3 Å². The fourth-order valence-electron chi connectivity index (χ4n) is 4.36. The lowest BCUT2D eigenvalue weighted by Gasteiger charge is -2.29. The summed E-state index contributed by atoms with van der Waals surface area (Å²) in [6.07, 6.45) is 0.827. The SMILES string of the molecule is O=C1N[C@H](Cc2ccc(OCc3ccccc3)cc2)C(=O)N[C@H]1Cc1ccc(OCc2ccccc2)cc1. The van der Waals surface area contributed by atoms with Gasteiger partial charge in [-0.25, -0.2) is 0 Å². The van der Waals surface area contributed by atoms with Crippen molar-refractivity contribution in [1.29, 1.82) is 0 Å². The molecule has 192 valence electrons. The zero-order valence-electron chi connectivity index (χ0n) is 21.0. The molecule has 4 aromatic carbocycles. The summed E-state index contributed by atoms with van der Waals surface area (Å²) in [5, 5.41) is 5.78. The molecule has 4 aromatic rings. The molecule has 0 saturated carbocycles. The highest BCUT2D eigenvalue weighted by Gasteiger charge is 2.33. The van der Waals surface area contributed by atoms with Crippen LogP contribution < -0.4 is 20.1 Å². The molecule has 0 aromatic heterocycles. The van der Waals surface area contributed by atoms with Crippen LogP contribution in [0.2, 0.25) is 0 Å². The van der Waals surface area contributed by atoms with Crippen molar-refractivity contribution in [3.8, 4) is 11.5 Å². The Bertz CT molecular complexity index is 1230. The predicted octanol–water partition coefficient (Wildman–Crippen LogP) is 4.61. The van der Waals surface area contributed by atoms with E-state index < -0.39 is 12.1 Å². The van der Waals surface area contributed by atoms with Gasteiger partial charge in [0.15, 0.2) is 0 Å². The minimum atomic E-state index is -0.608. The van der Waals surface area contributed by atoms with Gasteiger partial charge in [0.2, 0.25) is 11.8 Å². The van der Waals surface area contributed by atoms with Gasteiger partial charge in [0.05, 0.1) is 0 Å². The standard InChI is InChI=1S/C32H30N2O4/c35-31-29(19-23-11-15-27(16-12-23)37-21-25-7-3-1-4-8-25)33-32(36)30(34-31)20-24-13-17-28(18-14-24)38-22-26-9-5-2-6-10-26/h1-18,29-30H,19-22H2,(H,33,36)(H,34,35)/t29-,30+. The average Bonchev–Trinajstić information content (AvgIpc) is 2.96. The lowest BCUT2D eigenvalue weighted by Crippen LogP contribution is -2.62. The van der Waals surface area contributed by atoms with Crippen LogP contribution in [0, 0.1) is 0 Å². The molecule has 1 aliphatic heterocycles. The summed E-state index contributed by atoms with van der Waals surface area (Å²) in [6, 6.07) is 34.0. The normalized spacial score (nSPS) is 16.8. The first-order chi connectivity index (χ1) is 18.6. The lowest BCUT2D eigenvalue weighted by atomic mass is 9.98.